The molecule has 0 spiro atoms. The average Bonchev–Trinajstić information content (AvgIpc) is 2.22. The van der Waals surface area contributed by atoms with E-state index in [0.717, 1.165) is 17.8 Å². The third-order valence-corrected chi connectivity index (χ3v) is 2.67. The van der Waals surface area contributed by atoms with Crippen molar-refractivity contribution in [2.45, 2.75) is 13.0 Å². The Hall–Kier alpha value is -1.55. The van der Waals surface area contributed by atoms with Crippen LogP contribution in [-0.2, 0) is 9.53 Å². The summed E-state index contributed by atoms with van der Waals surface area (Å²) in [5.74, 6) is 0.614. The molecule has 1 unspecified atom stereocenters. The second kappa shape index (κ2) is 4.14. The molecule has 2 rings (SSSR count). The van der Waals surface area contributed by atoms with Crippen molar-refractivity contribution in [2.24, 2.45) is 0 Å². The maximum atomic E-state index is 11.9. The molecule has 2 aliphatic heterocycles. The predicted molar refractivity (Wildman–Crippen MR) is 61.5 cm³/mol. The Morgan fingerprint density at radius 3 is 3.12 bits per heavy atom. The molecule has 16 heavy (non-hydrogen) atoms. The van der Waals surface area contributed by atoms with E-state index in [9.17, 15) is 4.79 Å². The molecule has 1 amide bonds. The number of nitrogens with one attached hydrogen (secondary N) is 1. The van der Waals surface area contributed by atoms with Crippen LogP contribution in [-0.4, -0.2) is 36.5 Å². The smallest absolute Gasteiger partial charge is 0.241 e. The van der Waals surface area contributed by atoms with Gasteiger partial charge in [0.1, 0.15) is 12.4 Å². The molecule has 1 atom stereocenters. The zero-order chi connectivity index (χ0) is 11.7. The number of carbonyl (C=O) groups is 1. The summed E-state index contributed by atoms with van der Waals surface area (Å²) in [6.45, 7) is 11.2. The first-order valence-electron chi connectivity index (χ1n) is 5.31. The molecule has 0 saturated carbocycles. The molecule has 0 bridgehead atoms. The van der Waals surface area contributed by atoms with Crippen LogP contribution in [0.2, 0.25) is 0 Å². The number of fused-ring (bicyclic) bond motifs is 1. The zero-order valence-electron chi connectivity index (χ0n) is 9.45. The summed E-state index contributed by atoms with van der Waals surface area (Å²) in [5.41, 5.74) is 1.63. The Balaban J connectivity index is 2.34. The number of allylic oxidation sites excluding steroid dienone is 2. The number of piperazine rings is 1. The van der Waals surface area contributed by atoms with Crippen molar-refractivity contribution in [3.63, 3.8) is 0 Å². The second-order valence-electron chi connectivity index (χ2n) is 4.16. The Morgan fingerprint density at radius 2 is 2.44 bits per heavy atom. The molecular formula is C12H16N2O2. The maximum absolute atomic E-state index is 11.9. The van der Waals surface area contributed by atoms with Crippen LogP contribution in [0.4, 0.5) is 0 Å². The molecule has 4 nitrogen and oxygen atoms in total. The van der Waals surface area contributed by atoms with Gasteiger partial charge in [-0.2, -0.15) is 0 Å². The number of nitrogens with zero attached hydrogens (tertiary/aromatic N) is 1. The van der Waals surface area contributed by atoms with Crippen molar-refractivity contribution < 1.29 is 9.53 Å². The van der Waals surface area contributed by atoms with Crippen LogP contribution in [0, 0.1) is 0 Å². The summed E-state index contributed by atoms with van der Waals surface area (Å²) in [5, 5.41) is 3.07. The molecule has 2 heterocycles. The van der Waals surface area contributed by atoms with Crippen LogP contribution in [0.15, 0.2) is 36.3 Å². The van der Waals surface area contributed by atoms with Gasteiger partial charge >= 0.3 is 0 Å². The highest BCUT2D eigenvalue weighted by Gasteiger charge is 2.35. The zero-order valence-corrected chi connectivity index (χ0v) is 9.45. The SMILES string of the molecule is C=C(C)/C=C1\C(=C)OCC2CNCC(=O)N12. The Morgan fingerprint density at radius 1 is 1.69 bits per heavy atom. The molecule has 0 aromatic heterocycles. The first kappa shape index (κ1) is 11.0. The van der Waals surface area contributed by atoms with Gasteiger partial charge in [0.25, 0.3) is 0 Å². The molecule has 2 aliphatic rings. The van der Waals surface area contributed by atoms with Crippen LogP contribution in [0.3, 0.4) is 0 Å². The number of hydrogen-bond acceptors (Lipinski definition) is 3. The van der Waals surface area contributed by atoms with Gasteiger partial charge in [0.2, 0.25) is 5.91 Å². The molecule has 2 saturated heterocycles. The fourth-order valence-corrected chi connectivity index (χ4v) is 1.98. The lowest BCUT2D eigenvalue weighted by molar-refractivity contribution is -0.135. The first-order valence-corrected chi connectivity index (χ1v) is 5.31. The van der Waals surface area contributed by atoms with Crippen LogP contribution in [0.5, 0.6) is 0 Å². The van der Waals surface area contributed by atoms with Crippen LogP contribution < -0.4 is 5.32 Å². The molecule has 0 aromatic carbocycles. The standard InChI is InChI=1S/C12H16N2O2/c1-8(2)4-11-9(3)16-7-10-5-13-6-12(15)14(10)11/h4,10,13H,1,3,5-7H2,2H3/b11-4+. The molecule has 86 valence electrons. The quantitative estimate of drug-likeness (QED) is 0.710. The van der Waals surface area contributed by atoms with E-state index in [1.54, 1.807) is 4.90 Å². The van der Waals surface area contributed by atoms with Crippen LogP contribution in [0.1, 0.15) is 6.92 Å². The summed E-state index contributed by atoms with van der Waals surface area (Å²) < 4.78 is 5.47. The molecule has 0 radical (unpaired) electrons. The average molecular weight is 220 g/mol. The lowest BCUT2D eigenvalue weighted by atomic mass is 10.1. The Bertz CT molecular complexity index is 384. The van der Waals surface area contributed by atoms with Gasteiger partial charge in [0.05, 0.1) is 18.3 Å². The van der Waals surface area contributed by atoms with E-state index in [2.05, 4.69) is 18.5 Å². The van der Waals surface area contributed by atoms with E-state index in [1.807, 2.05) is 13.0 Å². The van der Waals surface area contributed by atoms with Gasteiger partial charge in [-0.25, -0.2) is 0 Å². The fourth-order valence-electron chi connectivity index (χ4n) is 1.98. The number of amides is 1. The summed E-state index contributed by atoms with van der Waals surface area (Å²) in [7, 11) is 0. The van der Waals surface area contributed by atoms with Crippen molar-refractivity contribution >= 4 is 5.91 Å². The van der Waals surface area contributed by atoms with Gasteiger partial charge in [0, 0.05) is 6.54 Å². The van der Waals surface area contributed by atoms with Gasteiger partial charge in [-0.15, -0.1) is 0 Å². The molecule has 0 aliphatic carbocycles. The highest BCUT2D eigenvalue weighted by molar-refractivity contribution is 5.82. The molecular weight excluding hydrogens is 204 g/mol. The van der Waals surface area contributed by atoms with Crippen molar-refractivity contribution in [1.29, 1.82) is 0 Å². The third kappa shape index (κ3) is 1.88. The minimum Gasteiger partial charge on any atom is -0.490 e. The van der Waals surface area contributed by atoms with Gasteiger partial charge in [-0.3, -0.25) is 4.79 Å². The Labute approximate surface area is 95.3 Å². The number of morpholine rings is 1. The van der Waals surface area contributed by atoms with Gasteiger partial charge in [-0.1, -0.05) is 18.7 Å². The largest absolute Gasteiger partial charge is 0.490 e. The van der Waals surface area contributed by atoms with E-state index in [-0.39, 0.29) is 11.9 Å². The summed E-state index contributed by atoms with van der Waals surface area (Å²) >= 11 is 0. The lowest BCUT2D eigenvalue weighted by Gasteiger charge is -2.41. The third-order valence-electron chi connectivity index (χ3n) is 2.67. The van der Waals surface area contributed by atoms with Crippen LogP contribution in [0.25, 0.3) is 0 Å². The monoisotopic (exact) mass is 220 g/mol. The topological polar surface area (TPSA) is 41.6 Å². The number of rotatable bonds is 1. The minimum absolute atomic E-state index is 0.0631. The number of hydrogen-bond donors (Lipinski definition) is 1. The fraction of sp³-hybridized carbons (Fsp3) is 0.417. The lowest BCUT2D eigenvalue weighted by Crippen LogP contribution is -2.58. The summed E-state index contributed by atoms with van der Waals surface area (Å²) in [4.78, 5) is 13.6. The Kier molecular flexibility index (Phi) is 2.83. The molecule has 2 fully saturated rings. The van der Waals surface area contributed by atoms with E-state index in [4.69, 9.17) is 4.74 Å². The molecule has 0 aromatic rings. The molecule has 4 heteroatoms. The van der Waals surface area contributed by atoms with E-state index in [0.29, 0.717) is 18.9 Å². The summed E-state index contributed by atoms with van der Waals surface area (Å²) in [6, 6.07) is 0.0670. The van der Waals surface area contributed by atoms with E-state index < -0.39 is 0 Å². The van der Waals surface area contributed by atoms with Crippen molar-refractivity contribution in [3.05, 3.63) is 36.3 Å². The van der Waals surface area contributed by atoms with Crippen molar-refractivity contribution in [1.82, 2.24) is 10.2 Å². The van der Waals surface area contributed by atoms with E-state index >= 15 is 0 Å². The van der Waals surface area contributed by atoms with Crippen molar-refractivity contribution in [2.75, 3.05) is 19.7 Å². The van der Waals surface area contributed by atoms with Crippen LogP contribution >= 0.6 is 0 Å². The van der Waals surface area contributed by atoms with Gasteiger partial charge in [0.15, 0.2) is 0 Å². The number of ether oxygens (including phenoxy) is 1. The normalized spacial score (nSPS) is 27.7. The first-order chi connectivity index (χ1) is 7.59. The van der Waals surface area contributed by atoms with Crippen molar-refractivity contribution in [3.8, 4) is 0 Å². The van der Waals surface area contributed by atoms with Gasteiger partial charge in [-0.05, 0) is 13.0 Å². The van der Waals surface area contributed by atoms with E-state index in [1.165, 1.54) is 0 Å². The summed E-state index contributed by atoms with van der Waals surface area (Å²) in [6.07, 6.45) is 1.84. The second-order valence-corrected chi connectivity index (χ2v) is 4.16. The van der Waals surface area contributed by atoms with Gasteiger partial charge < -0.3 is 15.0 Å². The minimum atomic E-state index is 0.0631. The predicted octanol–water partition coefficient (Wildman–Crippen LogP) is 0.791. The molecule has 1 N–H and O–H groups in total. The number of carbonyl (C=O) groups excluding carboxylic acids is 1. The maximum Gasteiger partial charge on any atom is 0.241 e. The highest BCUT2D eigenvalue weighted by Crippen LogP contribution is 2.26. The highest BCUT2D eigenvalue weighted by atomic mass is 16.5.